The molecule has 0 saturated heterocycles. The minimum absolute atomic E-state index is 0.0521. The molecule has 0 radical (unpaired) electrons. The summed E-state index contributed by atoms with van der Waals surface area (Å²) < 4.78 is 32.6. The van der Waals surface area contributed by atoms with E-state index >= 15 is 0 Å². The monoisotopic (exact) mass is 423 g/mol. The van der Waals surface area contributed by atoms with E-state index in [4.69, 9.17) is 4.42 Å². The number of amides is 1. The van der Waals surface area contributed by atoms with Crippen molar-refractivity contribution in [2.45, 2.75) is 24.3 Å². The molecule has 2 aromatic carbocycles. The molecule has 4 aromatic rings. The SMILES string of the molecule is O=C(CCc1c[nH]c2ccccc12)Nc1cccc(S(=O)(=O)NCc2ccco2)c1. The van der Waals surface area contributed by atoms with Crippen molar-refractivity contribution in [3.63, 3.8) is 0 Å². The third-order valence-electron chi connectivity index (χ3n) is 4.74. The van der Waals surface area contributed by atoms with Crippen LogP contribution < -0.4 is 10.0 Å². The van der Waals surface area contributed by atoms with Gasteiger partial charge in [0.1, 0.15) is 5.76 Å². The van der Waals surface area contributed by atoms with Crippen molar-refractivity contribution in [1.29, 1.82) is 0 Å². The highest BCUT2D eigenvalue weighted by Crippen LogP contribution is 2.20. The fraction of sp³-hybridized carbons (Fsp3) is 0.136. The zero-order valence-corrected chi connectivity index (χ0v) is 16.9. The van der Waals surface area contributed by atoms with Crippen LogP contribution in [0.3, 0.4) is 0 Å². The molecular weight excluding hydrogens is 402 g/mol. The molecule has 1 amide bonds. The Balaban J connectivity index is 1.38. The van der Waals surface area contributed by atoms with Gasteiger partial charge in [0.25, 0.3) is 0 Å². The number of aryl methyl sites for hydroxylation is 1. The average Bonchev–Trinajstić information content (AvgIpc) is 3.41. The van der Waals surface area contributed by atoms with Crippen LogP contribution in [0.1, 0.15) is 17.7 Å². The van der Waals surface area contributed by atoms with Crippen LogP contribution in [-0.2, 0) is 27.8 Å². The highest BCUT2D eigenvalue weighted by atomic mass is 32.2. The van der Waals surface area contributed by atoms with Crippen molar-refractivity contribution in [2.24, 2.45) is 0 Å². The van der Waals surface area contributed by atoms with Crippen LogP contribution in [0.15, 0.2) is 82.4 Å². The Morgan fingerprint density at radius 2 is 1.90 bits per heavy atom. The second-order valence-corrected chi connectivity index (χ2v) is 8.61. The molecular formula is C22H21N3O4S. The summed E-state index contributed by atoms with van der Waals surface area (Å²) in [5.74, 6) is 0.332. The number of aromatic amines is 1. The van der Waals surface area contributed by atoms with Crippen LogP contribution in [0.2, 0.25) is 0 Å². The summed E-state index contributed by atoms with van der Waals surface area (Å²) >= 11 is 0. The van der Waals surface area contributed by atoms with Crippen molar-refractivity contribution in [3.05, 3.63) is 84.4 Å². The first-order valence-corrected chi connectivity index (χ1v) is 11.0. The predicted octanol–water partition coefficient (Wildman–Crippen LogP) is 3.81. The van der Waals surface area contributed by atoms with Crippen LogP contribution in [0.5, 0.6) is 0 Å². The average molecular weight is 423 g/mol. The van der Waals surface area contributed by atoms with Gasteiger partial charge in [-0.15, -0.1) is 0 Å². The van der Waals surface area contributed by atoms with Gasteiger partial charge in [-0.25, -0.2) is 13.1 Å². The number of hydrogen-bond acceptors (Lipinski definition) is 4. The molecule has 0 aliphatic rings. The molecule has 0 fully saturated rings. The Labute approximate surface area is 174 Å². The number of hydrogen-bond donors (Lipinski definition) is 3. The van der Waals surface area contributed by atoms with Gasteiger partial charge in [-0.05, 0) is 48.4 Å². The molecule has 0 unspecified atom stereocenters. The maximum atomic E-state index is 12.5. The number of nitrogens with one attached hydrogen (secondary N) is 3. The number of H-pyrrole nitrogens is 1. The number of benzene rings is 2. The molecule has 8 heteroatoms. The fourth-order valence-corrected chi connectivity index (χ4v) is 4.25. The van der Waals surface area contributed by atoms with Crippen LogP contribution >= 0.6 is 0 Å². The quantitative estimate of drug-likeness (QED) is 0.401. The van der Waals surface area contributed by atoms with Crippen molar-refractivity contribution < 1.29 is 17.6 Å². The lowest BCUT2D eigenvalue weighted by Crippen LogP contribution is -2.23. The fourth-order valence-electron chi connectivity index (χ4n) is 3.21. The number of furan rings is 1. The smallest absolute Gasteiger partial charge is 0.241 e. The number of sulfonamides is 1. The van der Waals surface area contributed by atoms with Gasteiger partial charge in [-0.3, -0.25) is 4.79 Å². The first-order valence-electron chi connectivity index (χ1n) is 9.48. The zero-order valence-electron chi connectivity index (χ0n) is 16.1. The lowest BCUT2D eigenvalue weighted by molar-refractivity contribution is -0.116. The predicted molar refractivity (Wildman–Crippen MR) is 114 cm³/mol. The minimum Gasteiger partial charge on any atom is -0.468 e. The number of para-hydroxylation sites is 1. The first-order chi connectivity index (χ1) is 14.5. The normalized spacial score (nSPS) is 11.6. The van der Waals surface area contributed by atoms with E-state index < -0.39 is 10.0 Å². The molecule has 30 heavy (non-hydrogen) atoms. The lowest BCUT2D eigenvalue weighted by Gasteiger charge is -2.09. The molecule has 0 atom stereocenters. The second-order valence-electron chi connectivity index (χ2n) is 6.84. The van der Waals surface area contributed by atoms with E-state index in [0.717, 1.165) is 16.5 Å². The maximum absolute atomic E-state index is 12.5. The number of rotatable bonds is 8. The molecule has 0 spiro atoms. The zero-order chi connectivity index (χ0) is 21.0. The van der Waals surface area contributed by atoms with Gasteiger partial charge in [0.05, 0.1) is 17.7 Å². The molecule has 154 valence electrons. The van der Waals surface area contributed by atoms with Gasteiger partial charge >= 0.3 is 0 Å². The minimum atomic E-state index is -3.73. The van der Waals surface area contributed by atoms with E-state index in [9.17, 15) is 13.2 Å². The molecule has 3 N–H and O–H groups in total. The lowest BCUT2D eigenvalue weighted by atomic mass is 10.1. The van der Waals surface area contributed by atoms with Crippen LogP contribution in [-0.4, -0.2) is 19.3 Å². The Morgan fingerprint density at radius 3 is 2.73 bits per heavy atom. The summed E-state index contributed by atoms with van der Waals surface area (Å²) in [4.78, 5) is 15.7. The molecule has 0 aliphatic heterocycles. The molecule has 0 bridgehead atoms. The van der Waals surface area contributed by atoms with Gasteiger partial charge in [-0.1, -0.05) is 24.3 Å². The highest BCUT2D eigenvalue weighted by molar-refractivity contribution is 7.89. The summed E-state index contributed by atoms with van der Waals surface area (Å²) in [7, 11) is -3.73. The highest BCUT2D eigenvalue weighted by Gasteiger charge is 2.15. The summed E-state index contributed by atoms with van der Waals surface area (Å²) in [6.07, 6.45) is 4.26. The Kier molecular flexibility index (Phi) is 5.69. The van der Waals surface area contributed by atoms with E-state index in [1.807, 2.05) is 30.5 Å². The van der Waals surface area contributed by atoms with Crippen molar-refractivity contribution in [2.75, 3.05) is 5.32 Å². The van der Waals surface area contributed by atoms with E-state index in [1.165, 1.54) is 18.4 Å². The number of aromatic nitrogens is 1. The van der Waals surface area contributed by atoms with Gasteiger partial charge < -0.3 is 14.7 Å². The van der Waals surface area contributed by atoms with Crippen LogP contribution in [0.4, 0.5) is 5.69 Å². The van der Waals surface area contributed by atoms with Gasteiger partial charge in [-0.2, -0.15) is 0 Å². The Morgan fingerprint density at radius 1 is 1.03 bits per heavy atom. The van der Waals surface area contributed by atoms with Gasteiger partial charge in [0.2, 0.25) is 15.9 Å². The molecule has 7 nitrogen and oxygen atoms in total. The van der Waals surface area contributed by atoms with Gasteiger partial charge in [0.15, 0.2) is 0 Å². The van der Waals surface area contributed by atoms with Crippen LogP contribution in [0.25, 0.3) is 10.9 Å². The largest absolute Gasteiger partial charge is 0.468 e. The first kappa shape index (κ1) is 19.9. The third-order valence-corrected chi connectivity index (χ3v) is 6.14. The topological polar surface area (TPSA) is 104 Å². The van der Waals surface area contributed by atoms with E-state index in [-0.39, 0.29) is 23.8 Å². The van der Waals surface area contributed by atoms with E-state index in [0.29, 0.717) is 17.9 Å². The maximum Gasteiger partial charge on any atom is 0.241 e. The van der Waals surface area contributed by atoms with Crippen molar-refractivity contribution in [3.8, 4) is 0 Å². The molecule has 0 saturated carbocycles. The molecule has 2 heterocycles. The number of anilines is 1. The Bertz CT molecular complexity index is 1260. The number of carbonyl (C=O) groups excluding carboxylic acids is 1. The van der Waals surface area contributed by atoms with Crippen molar-refractivity contribution >= 4 is 32.5 Å². The molecule has 2 aromatic heterocycles. The van der Waals surface area contributed by atoms with E-state index in [2.05, 4.69) is 15.0 Å². The number of fused-ring (bicyclic) bond motifs is 1. The molecule has 4 rings (SSSR count). The summed E-state index contributed by atoms with van der Waals surface area (Å²) in [5, 5.41) is 3.87. The van der Waals surface area contributed by atoms with Crippen molar-refractivity contribution in [1.82, 2.24) is 9.71 Å². The van der Waals surface area contributed by atoms with Gasteiger partial charge in [0, 0.05) is 29.2 Å². The third kappa shape index (κ3) is 4.61. The molecule has 0 aliphatic carbocycles. The van der Waals surface area contributed by atoms with Crippen LogP contribution in [0, 0.1) is 0 Å². The standard InChI is InChI=1S/C22H21N3O4S/c26-22(11-10-16-14-23-21-9-2-1-8-20(16)21)25-17-5-3-7-19(13-17)30(27,28)24-15-18-6-4-12-29-18/h1-9,12-14,23-24H,10-11,15H2,(H,25,26). The van der Waals surface area contributed by atoms with E-state index in [1.54, 1.807) is 24.3 Å². The summed E-state index contributed by atoms with van der Waals surface area (Å²) in [6.45, 7) is 0.0521. The number of carbonyl (C=O) groups is 1. The second kappa shape index (κ2) is 8.56. The Hall–Kier alpha value is -3.36. The summed E-state index contributed by atoms with van der Waals surface area (Å²) in [5.41, 5.74) is 2.53. The summed E-state index contributed by atoms with van der Waals surface area (Å²) in [6, 6.07) is 17.5.